The zero-order valence-corrected chi connectivity index (χ0v) is 17.5. The summed E-state index contributed by atoms with van der Waals surface area (Å²) in [6.45, 7) is 16.1. The fourth-order valence-electron chi connectivity index (χ4n) is 4.33. The van der Waals surface area contributed by atoms with E-state index in [4.69, 9.17) is 14.5 Å². The number of rotatable bonds is 7. The van der Waals surface area contributed by atoms with Crippen LogP contribution in [0.25, 0.3) is 0 Å². The van der Waals surface area contributed by atoms with Crippen molar-refractivity contribution >= 4 is 5.96 Å². The van der Waals surface area contributed by atoms with E-state index >= 15 is 0 Å². The number of nitrogens with zero attached hydrogens (tertiary/aromatic N) is 3. The fraction of sp³-hybridized carbons (Fsp3) is 0.950. The molecule has 3 heterocycles. The Morgan fingerprint density at radius 2 is 2.04 bits per heavy atom. The van der Waals surface area contributed by atoms with Gasteiger partial charge in [-0.2, -0.15) is 0 Å². The van der Waals surface area contributed by atoms with Gasteiger partial charge in [0.25, 0.3) is 0 Å². The molecule has 7 heteroatoms. The molecule has 0 aromatic rings. The van der Waals surface area contributed by atoms with Gasteiger partial charge < -0.3 is 20.1 Å². The highest BCUT2D eigenvalue weighted by molar-refractivity contribution is 5.79. The van der Waals surface area contributed by atoms with Crippen LogP contribution in [0.3, 0.4) is 0 Å². The minimum Gasteiger partial charge on any atom is -0.374 e. The van der Waals surface area contributed by atoms with Crippen LogP contribution in [0, 0.1) is 5.92 Å². The molecule has 0 bridgehead atoms. The maximum absolute atomic E-state index is 6.05. The van der Waals surface area contributed by atoms with Gasteiger partial charge in [0.05, 0.1) is 32.0 Å². The molecule has 2 N–H and O–H groups in total. The van der Waals surface area contributed by atoms with Gasteiger partial charge in [-0.25, -0.2) is 0 Å². The highest BCUT2D eigenvalue weighted by atomic mass is 16.5. The van der Waals surface area contributed by atoms with Crippen LogP contribution in [0.2, 0.25) is 0 Å². The minimum atomic E-state index is 0.184. The van der Waals surface area contributed by atoms with Crippen molar-refractivity contribution in [2.45, 2.75) is 51.9 Å². The SMILES string of the molecule is CCNC(=NCC1CN(CC(C)C)CCO1)NCC1CN2CCCC2CO1. The van der Waals surface area contributed by atoms with Crippen molar-refractivity contribution in [1.29, 1.82) is 0 Å². The van der Waals surface area contributed by atoms with Crippen molar-refractivity contribution in [2.24, 2.45) is 10.9 Å². The topological polar surface area (TPSA) is 61.4 Å². The Balaban J connectivity index is 1.43. The molecule has 3 fully saturated rings. The number of nitrogens with one attached hydrogen (secondary N) is 2. The van der Waals surface area contributed by atoms with Gasteiger partial charge >= 0.3 is 0 Å². The van der Waals surface area contributed by atoms with Crippen LogP contribution in [-0.4, -0.2) is 99.6 Å². The zero-order valence-electron chi connectivity index (χ0n) is 17.5. The van der Waals surface area contributed by atoms with Gasteiger partial charge in [-0.05, 0) is 32.2 Å². The highest BCUT2D eigenvalue weighted by Gasteiger charge is 2.32. The fourth-order valence-corrected chi connectivity index (χ4v) is 4.33. The van der Waals surface area contributed by atoms with Crippen molar-refractivity contribution in [2.75, 3.05) is 65.6 Å². The Morgan fingerprint density at radius 3 is 2.85 bits per heavy atom. The van der Waals surface area contributed by atoms with E-state index in [2.05, 4.69) is 41.2 Å². The second kappa shape index (κ2) is 10.6. The van der Waals surface area contributed by atoms with E-state index in [0.29, 0.717) is 18.5 Å². The summed E-state index contributed by atoms with van der Waals surface area (Å²) in [6.07, 6.45) is 3.03. The van der Waals surface area contributed by atoms with Crippen LogP contribution in [0.15, 0.2) is 4.99 Å². The zero-order chi connectivity index (χ0) is 19.1. The summed E-state index contributed by atoms with van der Waals surface area (Å²) in [7, 11) is 0. The Morgan fingerprint density at radius 1 is 1.15 bits per heavy atom. The lowest BCUT2D eigenvalue weighted by Gasteiger charge is -2.35. The molecular formula is C20H39N5O2. The first-order valence-corrected chi connectivity index (χ1v) is 10.9. The predicted octanol–water partition coefficient (Wildman–Crippen LogP) is 0.762. The molecule has 3 atom stereocenters. The lowest BCUT2D eigenvalue weighted by atomic mass is 10.2. The maximum atomic E-state index is 6.05. The molecule has 3 saturated heterocycles. The van der Waals surface area contributed by atoms with Gasteiger partial charge in [-0.3, -0.25) is 14.8 Å². The summed E-state index contributed by atoms with van der Waals surface area (Å²) in [5.41, 5.74) is 0. The molecule has 3 unspecified atom stereocenters. The molecule has 156 valence electrons. The molecule has 3 aliphatic heterocycles. The van der Waals surface area contributed by atoms with Gasteiger partial charge in [-0.15, -0.1) is 0 Å². The van der Waals surface area contributed by atoms with Gasteiger partial charge in [0.2, 0.25) is 0 Å². The second-order valence-corrected chi connectivity index (χ2v) is 8.49. The normalized spacial score (nSPS) is 30.5. The molecule has 0 amide bonds. The predicted molar refractivity (Wildman–Crippen MR) is 109 cm³/mol. The average molecular weight is 382 g/mol. The molecule has 0 spiro atoms. The summed E-state index contributed by atoms with van der Waals surface area (Å²) in [5.74, 6) is 1.56. The van der Waals surface area contributed by atoms with Crippen LogP contribution < -0.4 is 10.6 Å². The third-order valence-electron chi connectivity index (χ3n) is 5.60. The monoisotopic (exact) mass is 381 g/mol. The molecule has 0 aromatic carbocycles. The average Bonchev–Trinajstić information content (AvgIpc) is 3.11. The number of hydrogen-bond donors (Lipinski definition) is 2. The molecule has 3 rings (SSSR count). The Bertz CT molecular complexity index is 473. The number of fused-ring (bicyclic) bond motifs is 1. The quantitative estimate of drug-likeness (QED) is 0.502. The molecule has 0 aliphatic carbocycles. The second-order valence-electron chi connectivity index (χ2n) is 8.49. The molecule has 0 aromatic heterocycles. The van der Waals surface area contributed by atoms with Crippen LogP contribution >= 0.6 is 0 Å². The van der Waals surface area contributed by atoms with E-state index in [1.165, 1.54) is 19.4 Å². The largest absolute Gasteiger partial charge is 0.374 e. The Hall–Kier alpha value is -0.890. The summed E-state index contributed by atoms with van der Waals surface area (Å²) in [5, 5.41) is 6.82. The first-order valence-electron chi connectivity index (χ1n) is 10.9. The molecule has 0 saturated carbocycles. The van der Waals surface area contributed by atoms with Crippen molar-refractivity contribution < 1.29 is 9.47 Å². The standard InChI is InChI=1S/C20H39N5O2/c1-4-21-20(22-10-18-13-24(8-9-26-18)12-16(2)3)23-11-19-14-25-7-5-6-17(25)15-27-19/h16-19H,4-15H2,1-3H3,(H2,21,22,23). The minimum absolute atomic E-state index is 0.184. The van der Waals surface area contributed by atoms with Crippen molar-refractivity contribution in [1.82, 2.24) is 20.4 Å². The first kappa shape index (κ1) is 20.8. The highest BCUT2D eigenvalue weighted by Crippen LogP contribution is 2.22. The summed E-state index contributed by atoms with van der Waals surface area (Å²) >= 11 is 0. The van der Waals surface area contributed by atoms with Crippen LogP contribution in [-0.2, 0) is 9.47 Å². The molecule has 3 aliphatic rings. The van der Waals surface area contributed by atoms with Crippen molar-refractivity contribution in [3.63, 3.8) is 0 Å². The molecule has 27 heavy (non-hydrogen) atoms. The molecule has 7 nitrogen and oxygen atoms in total. The Labute approximate surface area is 164 Å². The smallest absolute Gasteiger partial charge is 0.191 e. The van der Waals surface area contributed by atoms with Gasteiger partial charge in [0, 0.05) is 45.3 Å². The molecular weight excluding hydrogens is 342 g/mol. The van der Waals surface area contributed by atoms with Gasteiger partial charge in [-0.1, -0.05) is 13.8 Å². The maximum Gasteiger partial charge on any atom is 0.191 e. The van der Waals surface area contributed by atoms with E-state index in [9.17, 15) is 0 Å². The van der Waals surface area contributed by atoms with E-state index in [-0.39, 0.29) is 12.2 Å². The first-order chi connectivity index (χ1) is 13.1. The number of hydrogen-bond acceptors (Lipinski definition) is 5. The van der Waals surface area contributed by atoms with E-state index in [1.807, 2.05) is 0 Å². The van der Waals surface area contributed by atoms with Crippen molar-refractivity contribution in [3.05, 3.63) is 0 Å². The van der Waals surface area contributed by atoms with Crippen LogP contribution in [0.5, 0.6) is 0 Å². The van der Waals surface area contributed by atoms with Crippen LogP contribution in [0.1, 0.15) is 33.6 Å². The molecule has 0 radical (unpaired) electrons. The van der Waals surface area contributed by atoms with Gasteiger partial charge in [0.1, 0.15) is 0 Å². The van der Waals surface area contributed by atoms with E-state index < -0.39 is 0 Å². The number of aliphatic imine (C=N–C) groups is 1. The lowest BCUT2D eigenvalue weighted by Crippen LogP contribution is -2.51. The lowest BCUT2D eigenvalue weighted by molar-refractivity contribution is -0.0453. The summed E-state index contributed by atoms with van der Waals surface area (Å²) in [4.78, 5) is 9.85. The third-order valence-corrected chi connectivity index (χ3v) is 5.60. The van der Waals surface area contributed by atoms with E-state index in [0.717, 1.165) is 58.4 Å². The Kier molecular flexibility index (Phi) is 8.18. The number of morpholine rings is 2. The van der Waals surface area contributed by atoms with Gasteiger partial charge in [0.15, 0.2) is 5.96 Å². The van der Waals surface area contributed by atoms with Crippen LogP contribution in [0.4, 0.5) is 0 Å². The number of ether oxygens (including phenoxy) is 2. The van der Waals surface area contributed by atoms with Crippen molar-refractivity contribution in [3.8, 4) is 0 Å². The summed E-state index contributed by atoms with van der Waals surface area (Å²) < 4.78 is 12.0. The number of guanidine groups is 1. The summed E-state index contributed by atoms with van der Waals surface area (Å²) in [6, 6.07) is 0.653. The third kappa shape index (κ3) is 6.59. The van der Waals surface area contributed by atoms with E-state index in [1.54, 1.807) is 0 Å².